The summed E-state index contributed by atoms with van der Waals surface area (Å²) in [5, 5.41) is 1.57. The van der Waals surface area contributed by atoms with Crippen LogP contribution in [0.1, 0.15) is 121 Å². The summed E-state index contributed by atoms with van der Waals surface area (Å²) in [6.45, 7) is 11.4. The SMILES string of the molecule is CC1CC2=C(O1)c1ccccc1C(=O)C2=O.CCCC(=O)OC(=O)CCC.CCCC(=O)Oc1c2c(c3ccccc3c1OC(=O)CCC)OC(C)C2. The molecule has 0 radical (unpaired) electrons. The fourth-order valence-corrected chi connectivity index (χ4v) is 6.09. The van der Waals surface area contributed by atoms with Gasteiger partial charge >= 0.3 is 23.9 Å². The molecule has 11 heteroatoms. The van der Waals surface area contributed by atoms with Crippen LogP contribution in [0.15, 0.2) is 54.1 Å². The highest BCUT2D eigenvalue weighted by atomic mass is 16.6. The van der Waals surface area contributed by atoms with E-state index in [1.54, 1.807) is 12.1 Å². The Morgan fingerprint density at radius 1 is 0.604 bits per heavy atom. The first kappa shape index (κ1) is 40.5. The van der Waals surface area contributed by atoms with Crippen molar-refractivity contribution >= 4 is 52.0 Å². The number of carbonyl (C=O) groups is 6. The average molecular weight is 729 g/mol. The Bertz CT molecular complexity index is 1890. The van der Waals surface area contributed by atoms with Crippen LogP contribution >= 0.6 is 0 Å². The first-order valence-electron chi connectivity index (χ1n) is 18.4. The summed E-state index contributed by atoms with van der Waals surface area (Å²) in [6, 6.07) is 14.7. The van der Waals surface area contributed by atoms with E-state index in [2.05, 4.69) is 4.74 Å². The van der Waals surface area contributed by atoms with Crippen molar-refractivity contribution in [1.29, 1.82) is 0 Å². The molecular formula is C42H48O11. The number of ether oxygens (including phenoxy) is 5. The maximum atomic E-state index is 12.2. The van der Waals surface area contributed by atoms with E-state index in [0.717, 1.165) is 29.4 Å². The molecule has 0 N–H and O–H groups in total. The molecule has 2 unspecified atom stereocenters. The number of hydrogen-bond donors (Lipinski definition) is 0. The Balaban J connectivity index is 0.000000197. The average Bonchev–Trinajstić information content (AvgIpc) is 3.72. The van der Waals surface area contributed by atoms with Gasteiger partial charge in [-0.25, -0.2) is 0 Å². The van der Waals surface area contributed by atoms with Crippen LogP contribution < -0.4 is 14.2 Å². The third-order valence-electron chi connectivity index (χ3n) is 8.44. The zero-order valence-electron chi connectivity index (χ0n) is 31.3. The molecule has 3 aromatic carbocycles. The number of carbonyl (C=O) groups excluding carboxylic acids is 6. The van der Waals surface area contributed by atoms with Crippen LogP contribution in [0.2, 0.25) is 0 Å². The largest absolute Gasteiger partial charge is 0.489 e. The second-order valence-corrected chi connectivity index (χ2v) is 13.1. The molecule has 0 saturated heterocycles. The van der Waals surface area contributed by atoms with Gasteiger partial charge in [0.2, 0.25) is 11.6 Å². The second kappa shape index (κ2) is 19.0. The van der Waals surface area contributed by atoms with Gasteiger partial charge in [0, 0.05) is 71.6 Å². The molecule has 0 aromatic heterocycles. The molecule has 2 aliphatic heterocycles. The third-order valence-corrected chi connectivity index (χ3v) is 8.44. The predicted octanol–water partition coefficient (Wildman–Crippen LogP) is 8.20. The Kier molecular flexibility index (Phi) is 14.5. The van der Waals surface area contributed by atoms with E-state index < -0.39 is 23.5 Å². The van der Waals surface area contributed by atoms with Crippen molar-refractivity contribution in [3.63, 3.8) is 0 Å². The molecule has 282 valence electrons. The van der Waals surface area contributed by atoms with Gasteiger partial charge in [-0.2, -0.15) is 0 Å². The smallest absolute Gasteiger partial charge is 0.313 e. The number of Topliss-reactive ketones (excluding diaryl/α,β-unsaturated/α-hetero) is 2. The van der Waals surface area contributed by atoms with Crippen LogP contribution in [0.5, 0.6) is 17.2 Å². The zero-order valence-corrected chi connectivity index (χ0v) is 31.3. The minimum Gasteiger partial charge on any atom is -0.489 e. The summed E-state index contributed by atoms with van der Waals surface area (Å²) in [4.78, 5) is 69.4. The molecule has 2 atom stereocenters. The van der Waals surface area contributed by atoms with Crippen LogP contribution in [-0.4, -0.2) is 47.7 Å². The molecule has 2 heterocycles. The van der Waals surface area contributed by atoms with Crippen molar-refractivity contribution in [2.45, 2.75) is 118 Å². The molecule has 0 bridgehead atoms. The fourth-order valence-electron chi connectivity index (χ4n) is 6.09. The lowest BCUT2D eigenvalue weighted by Gasteiger charge is -2.17. The van der Waals surface area contributed by atoms with Gasteiger partial charge in [-0.15, -0.1) is 0 Å². The molecule has 11 nitrogen and oxygen atoms in total. The maximum Gasteiger partial charge on any atom is 0.313 e. The summed E-state index contributed by atoms with van der Waals surface area (Å²) in [7, 11) is 0. The third kappa shape index (κ3) is 9.97. The van der Waals surface area contributed by atoms with Crippen molar-refractivity contribution in [1.82, 2.24) is 0 Å². The Morgan fingerprint density at radius 3 is 1.68 bits per heavy atom. The highest BCUT2D eigenvalue weighted by Crippen LogP contribution is 2.49. The van der Waals surface area contributed by atoms with Crippen molar-refractivity contribution in [3.8, 4) is 17.2 Å². The van der Waals surface area contributed by atoms with Gasteiger partial charge in [-0.05, 0) is 39.5 Å². The lowest BCUT2D eigenvalue weighted by atomic mass is 9.88. The lowest BCUT2D eigenvalue weighted by molar-refractivity contribution is -0.159. The van der Waals surface area contributed by atoms with Gasteiger partial charge in [0.25, 0.3) is 0 Å². The molecule has 0 fully saturated rings. The summed E-state index contributed by atoms with van der Waals surface area (Å²) < 4.78 is 27.4. The summed E-state index contributed by atoms with van der Waals surface area (Å²) in [5.41, 5.74) is 2.54. The van der Waals surface area contributed by atoms with Gasteiger partial charge in [-0.3, -0.25) is 28.8 Å². The van der Waals surface area contributed by atoms with Crippen LogP contribution in [0.4, 0.5) is 0 Å². The maximum absolute atomic E-state index is 12.2. The molecule has 6 rings (SSSR count). The molecule has 0 saturated carbocycles. The summed E-state index contributed by atoms with van der Waals surface area (Å²) in [5.74, 6) is -0.349. The summed E-state index contributed by atoms with van der Waals surface area (Å²) >= 11 is 0. The van der Waals surface area contributed by atoms with Gasteiger partial charge in [0.05, 0.1) is 0 Å². The predicted molar refractivity (Wildman–Crippen MR) is 198 cm³/mol. The van der Waals surface area contributed by atoms with E-state index in [0.29, 0.717) is 90.9 Å². The molecule has 0 spiro atoms. The molecule has 53 heavy (non-hydrogen) atoms. The van der Waals surface area contributed by atoms with Crippen LogP contribution in [0.3, 0.4) is 0 Å². The van der Waals surface area contributed by atoms with Crippen LogP contribution in [0.25, 0.3) is 16.5 Å². The van der Waals surface area contributed by atoms with Crippen molar-refractivity contribution in [2.75, 3.05) is 0 Å². The van der Waals surface area contributed by atoms with Crippen LogP contribution in [-0.2, 0) is 39.9 Å². The van der Waals surface area contributed by atoms with Gasteiger partial charge in [0.1, 0.15) is 23.7 Å². The molecule has 3 aromatic rings. The number of rotatable bonds is 10. The molecule has 1 aliphatic carbocycles. The number of benzene rings is 3. The molecule has 3 aliphatic rings. The standard InChI is InChI=1S/C21H24O5.C13H10O3.C8H14O3/c1-4-8-17(22)25-20-15-11-7-6-10-14(15)19-16(12-13(3)24-19)21(20)26-18(23)9-5-2;1-7-6-10-12(15)11(14)8-4-2-3-5-9(8)13(10)16-7;1-3-5-7(9)11-8(10)6-4-2/h6-7,10-11,13H,4-5,8-9,12H2,1-3H3;2-5,7H,6H2,1H3;3-6H2,1-2H3. The quantitative estimate of drug-likeness (QED) is 0.0861. The van der Waals surface area contributed by atoms with E-state index in [1.807, 2.05) is 77.9 Å². The minimum absolute atomic E-state index is 0.0205. The lowest BCUT2D eigenvalue weighted by Crippen LogP contribution is -2.22. The Morgan fingerprint density at radius 2 is 1.09 bits per heavy atom. The molecular weight excluding hydrogens is 680 g/mol. The van der Waals surface area contributed by atoms with Crippen LogP contribution in [0, 0.1) is 0 Å². The highest BCUT2D eigenvalue weighted by molar-refractivity contribution is 6.52. The molecule has 0 amide bonds. The summed E-state index contributed by atoms with van der Waals surface area (Å²) in [6.07, 6.45) is 5.18. The number of hydrogen-bond acceptors (Lipinski definition) is 11. The van der Waals surface area contributed by atoms with E-state index >= 15 is 0 Å². The first-order chi connectivity index (χ1) is 25.4. The number of fused-ring (bicyclic) bond motifs is 5. The van der Waals surface area contributed by atoms with E-state index in [-0.39, 0.29) is 24.1 Å². The minimum atomic E-state index is -0.411. The van der Waals surface area contributed by atoms with E-state index in [4.69, 9.17) is 18.9 Å². The Labute approximate surface area is 310 Å². The monoisotopic (exact) mass is 728 g/mol. The topological polar surface area (TPSA) is 149 Å². The Hall–Kier alpha value is -5.32. The number of esters is 4. The highest BCUT2D eigenvalue weighted by Gasteiger charge is 2.38. The van der Waals surface area contributed by atoms with Crippen molar-refractivity contribution in [2.24, 2.45) is 0 Å². The fraction of sp³-hybridized carbons (Fsp3) is 0.429. The normalized spacial score (nSPS) is 16.4. The van der Waals surface area contributed by atoms with Crippen molar-refractivity contribution < 1.29 is 52.5 Å². The van der Waals surface area contributed by atoms with E-state index in [9.17, 15) is 28.8 Å². The zero-order chi connectivity index (χ0) is 38.7. The van der Waals surface area contributed by atoms with Gasteiger partial charge < -0.3 is 23.7 Å². The van der Waals surface area contributed by atoms with E-state index in [1.165, 1.54) is 0 Å². The number of ketones is 2. The van der Waals surface area contributed by atoms with Crippen molar-refractivity contribution in [3.05, 3.63) is 70.8 Å². The van der Waals surface area contributed by atoms with Gasteiger partial charge in [-0.1, -0.05) is 76.2 Å². The second-order valence-electron chi connectivity index (χ2n) is 13.1. The van der Waals surface area contributed by atoms with Gasteiger partial charge in [0.15, 0.2) is 11.5 Å². The first-order valence-corrected chi connectivity index (χ1v) is 18.4.